The molecule has 1 N–H and O–H groups in total. The Balaban J connectivity index is 1.69. The Morgan fingerprint density at radius 3 is 2.52 bits per heavy atom. The van der Waals surface area contributed by atoms with E-state index in [1.54, 1.807) is 31.9 Å². The molecule has 1 fully saturated rings. The summed E-state index contributed by atoms with van der Waals surface area (Å²) in [5.74, 6) is 0. The van der Waals surface area contributed by atoms with Gasteiger partial charge in [-0.25, -0.2) is 12.7 Å². The zero-order valence-electron chi connectivity index (χ0n) is 18.2. The Morgan fingerprint density at radius 1 is 1.06 bits per heavy atom. The Hall–Kier alpha value is -1.42. The van der Waals surface area contributed by atoms with Gasteiger partial charge >= 0.3 is 0 Å². The van der Waals surface area contributed by atoms with Crippen LogP contribution in [-0.4, -0.2) is 81.1 Å². The van der Waals surface area contributed by atoms with E-state index >= 15 is 0 Å². The van der Waals surface area contributed by atoms with Crippen molar-refractivity contribution in [1.29, 1.82) is 0 Å². The van der Waals surface area contributed by atoms with Crippen molar-refractivity contribution in [3.8, 4) is 0 Å². The number of hydrogen-bond acceptors (Lipinski definition) is 6. The van der Waals surface area contributed by atoms with Gasteiger partial charge in [-0.1, -0.05) is 30.0 Å². The van der Waals surface area contributed by atoms with Crippen molar-refractivity contribution in [2.24, 2.45) is 0 Å². The molecule has 168 valence electrons. The van der Waals surface area contributed by atoms with E-state index in [0.29, 0.717) is 4.90 Å². The first-order valence-electron chi connectivity index (χ1n) is 10.8. The van der Waals surface area contributed by atoms with Crippen molar-refractivity contribution in [3.05, 3.63) is 53.6 Å². The molecule has 2 heterocycles. The molecule has 2 aliphatic rings. The molecule has 31 heavy (non-hydrogen) atoms. The lowest BCUT2D eigenvalue weighted by Gasteiger charge is -2.39. The van der Waals surface area contributed by atoms with Gasteiger partial charge in [-0.2, -0.15) is 0 Å². The maximum Gasteiger partial charge on any atom is 0.242 e. The third-order valence-electron chi connectivity index (χ3n) is 6.20. The molecule has 1 saturated heterocycles. The summed E-state index contributed by atoms with van der Waals surface area (Å²) in [6.07, 6.45) is 1.68. The van der Waals surface area contributed by atoms with E-state index in [2.05, 4.69) is 34.1 Å². The van der Waals surface area contributed by atoms with Gasteiger partial charge in [0.1, 0.15) is 0 Å². The molecular weight excluding hydrogens is 430 g/mol. The van der Waals surface area contributed by atoms with E-state index in [1.165, 1.54) is 14.8 Å². The average molecular weight is 462 g/mol. The Kier molecular flexibility index (Phi) is 7.05. The van der Waals surface area contributed by atoms with Gasteiger partial charge in [-0.3, -0.25) is 4.90 Å². The zero-order valence-corrected chi connectivity index (χ0v) is 19.8. The molecule has 1 atom stereocenters. The summed E-state index contributed by atoms with van der Waals surface area (Å²) in [5, 5.41) is 9.12. The highest BCUT2D eigenvalue weighted by Gasteiger charge is 2.31. The van der Waals surface area contributed by atoms with E-state index in [9.17, 15) is 8.42 Å². The number of aliphatic hydroxyl groups is 1. The number of hydrogen-bond donors (Lipinski definition) is 1. The van der Waals surface area contributed by atoms with Crippen LogP contribution in [0.15, 0.2) is 57.2 Å². The lowest BCUT2D eigenvalue weighted by molar-refractivity contribution is 0.0898. The summed E-state index contributed by atoms with van der Waals surface area (Å²) in [5.41, 5.74) is 2.42. The van der Waals surface area contributed by atoms with Crippen LogP contribution in [0.5, 0.6) is 0 Å². The molecule has 0 spiro atoms. The summed E-state index contributed by atoms with van der Waals surface area (Å²) in [6.45, 7) is 4.97. The van der Waals surface area contributed by atoms with E-state index in [0.717, 1.165) is 56.0 Å². The smallest absolute Gasteiger partial charge is 0.242 e. The van der Waals surface area contributed by atoms with Crippen LogP contribution in [0.25, 0.3) is 0 Å². The zero-order chi connectivity index (χ0) is 22.0. The fraction of sp³-hybridized carbons (Fsp3) is 0.478. The van der Waals surface area contributed by atoms with Crippen LogP contribution in [-0.2, 0) is 16.4 Å². The van der Waals surface area contributed by atoms with E-state index < -0.39 is 10.0 Å². The molecule has 6 nitrogen and oxygen atoms in total. The molecule has 4 rings (SSSR count). The Morgan fingerprint density at radius 2 is 1.81 bits per heavy atom. The summed E-state index contributed by atoms with van der Waals surface area (Å²) in [7, 11) is -0.333. The van der Waals surface area contributed by atoms with Crippen molar-refractivity contribution >= 4 is 21.8 Å². The number of aliphatic hydroxyl groups excluding tert-OH is 1. The van der Waals surface area contributed by atoms with Crippen molar-refractivity contribution in [3.63, 3.8) is 0 Å². The van der Waals surface area contributed by atoms with Crippen LogP contribution >= 0.6 is 11.8 Å². The lowest BCUT2D eigenvalue weighted by atomic mass is 9.96. The number of fused-ring (bicyclic) bond motifs is 2. The normalized spacial score (nSPS) is 20.3. The van der Waals surface area contributed by atoms with Crippen LogP contribution in [0.1, 0.15) is 23.6 Å². The quantitative estimate of drug-likeness (QED) is 0.714. The predicted octanol–water partition coefficient (Wildman–Crippen LogP) is 2.69. The largest absolute Gasteiger partial charge is 0.396 e. The van der Waals surface area contributed by atoms with Gasteiger partial charge in [0.15, 0.2) is 0 Å². The van der Waals surface area contributed by atoms with Crippen LogP contribution in [0.3, 0.4) is 0 Å². The molecule has 0 aromatic heterocycles. The maximum absolute atomic E-state index is 12.8. The number of rotatable bonds is 6. The molecule has 2 aromatic carbocycles. The van der Waals surface area contributed by atoms with E-state index in [4.69, 9.17) is 5.11 Å². The summed E-state index contributed by atoms with van der Waals surface area (Å²) < 4.78 is 26.9. The SMILES string of the molecule is CN(C)S(=O)(=O)c1ccc2c(c1)C(N1CCN(CCCO)CC1)Cc1ccccc1S2. The van der Waals surface area contributed by atoms with Gasteiger partial charge in [0.05, 0.1) is 4.90 Å². The summed E-state index contributed by atoms with van der Waals surface area (Å²) >= 11 is 1.74. The molecule has 2 aliphatic heterocycles. The topological polar surface area (TPSA) is 64.1 Å². The second-order valence-corrected chi connectivity index (χ2v) is 11.6. The van der Waals surface area contributed by atoms with Gasteiger partial charge < -0.3 is 10.0 Å². The molecule has 0 bridgehead atoms. The van der Waals surface area contributed by atoms with Crippen molar-refractivity contribution in [2.45, 2.75) is 33.6 Å². The number of sulfonamides is 1. The standard InChI is InChI=1S/C23H31N3O3S2/c1-24(2)31(28,29)19-8-9-23-20(17-19)21(16-18-6-3-4-7-22(18)30-23)26-13-11-25(12-14-26)10-5-15-27/h3-4,6-9,17,21,27H,5,10-16H2,1-2H3. The monoisotopic (exact) mass is 461 g/mol. The first-order chi connectivity index (χ1) is 14.9. The molecule has 1 unspecified atom stereocenters. The number of piperazine rings is 1. The predicted molar refractivity (Wildman–Crippen MR) is 124 cm³/mol. The maximum atomic E-state index is 12.8. The fourth-order valence-electron chi connectivity index (χ4n) is 4.38. The molecule has 0 saturated carbocycles. The van der Waals surface area contributed by atoms with Crippen LogP contribution in [0, 0.1) is 0 Å². The van der Waals surface area contributed by atoms with E-state index in [1.807, 2.05) is 12.1 Å². The van der Waals surface area contributed by atoms with Crippen molar-refractivity contribution in [2.75, 3.05) is 53.4 Å². The molecule has 8 heteroatoms. The van der Waals surface area contributed by atoms with Crippen LogP contribution in [0.2, 0.25) is 0 Å². The molecule has 0 amide bonds. The fourth-order valence-corrected chi connectivity index (χ4v) is 6.43. The second kappa shape index (κ2) is 9.60. The molecule has 0 radical (unpaired) electrons. The van der Waals surface area contributed by atoms with Crippen LogP contribution < -0.4 is 0 Å². The molecular formula is C23H31N3O3S2. The minimum Gasteiger partial charge on any atom is -0.396 e. The van der Waals surface area contributed by atoms with Gasteiger partial charge in [-0.05, 0) is 48.2 Å². The highest BCUT2D eigenvalue weighted by atomic mass is 32.2. The molecule has 0 aliphatic carbocycles. The lowest BCUT2D eigenvalue weighted by Crippen LogP contribution is -2.48. The third-order valence-corrected chi connectivity index (χ3v) is 9.23. The minimum atomic E-state index is -3.49. The highest BCUT2D eigenvalue weighted by molar-refractivity contribution is 7.99. The summed E-state index contributed by atoms with van der Waals surface area (Å²) in [6, 6.07) is 14.2. The van der Waals surface area contributed by atoms with Crippen molar-refractivity contribution < 1.29 is 13.5 Å². The first kappa shape index (κ1) is 22.8. The van der Waals surface area contributed by atoms with Gasteiger partial charge in [0, 0.05) is 69.3 Å². The van der Waals surface area contributed by atoms with Gasteiger partial charge in [0.25, 0.3) is 0 Å². The summed E-state index contributed by atoms with van der Waals surface area (Å²) in [4.78, 5) is 7.64. The Labute approximate surface area is 189 Å². The number of nitrogens with zero attached hydrogens (tertiary/aromatic N) is 3. The average Bonchev–Trinajstić information content (AvgIpc) is 2.94. The van der Waals surface area contributed by atoms with Crippen LogP contribution in [0.4, 0.5) is 0 Å². The highest BCUT2D eigenvalue weighted by Crippen LogP contribution is 2.43. The first-order valence-corrected chi connectivity index (χ1v) is 13.1. The Bertz CT molecular complexity index is 1020. The molecule has 2 aromatic rings. The third kappa shape index (κ3) is 4.84. The minimum absolute atomic E-state index is 0.142. The van der Waals surface area contributed by atoms with Gasteiger partial charge in [-0.15, -0.1) is 0 Å². The number of benzene rings is 2. The van der Waals surface area contributed by atoms with Crippen molar-refractivity contribution in [1.82, 2.24) is 14.1 Å². The van der Waals surface area contributed by atoms with Gasteiger partial charge in [0.2, 0.25) is 10.0 Å². The van der Waals surface area contributed by atoms with E-state index in [-0.39, 0.29) is 12.6 Å². The second-order valence-electron chi connectivity index (χ2n) is 8.37.